The molecule has 0 radical (unpaired) electrons. The molecule has 0 fully saturated rings. The molecule has 2 aliphatic rings. The summed E-state index contributed by atoms with van der Waals surface area (Å²) in [4.78, 5) is 48.5. The normalized spacial score (nSPS) is 12.7. The Balaban J connectivity index is 1.11. The zero-order valence-electron chi connectivity index (χ0n) is 34.1. The molecule has 6 aromatic heterocycles. The molecule has 0 unspecified atom stereocenters. The van der Waals surface area contributed by atoms with Crippen LogP contribution in [0.25, 0.3) is 91.1 Å². The molecule has 0 N–H and O–H groups in total. The van der Waals surface area contributed by atoms with Crippen LogP contribution in [0.3, 0.4) is 0 Å². The minimum atomic E-state index is -0.708. The third kappa shape index (κ3) is 5.87. The Bertz CT molecular complexity index is 3070. The van der Waals surface area contributed by atoms with E-state index in [2.05, 4.69) is 107 Å². The highest BCUT2D eigenvalue weighted by Gasteiger charge is 2.52. The lowest BCUT2D eigenvalue weighted by molar-refractivity contribution is 0.791. The summed E-state index contributed by atoms with van der Waals surface area (Å²) in [6, 6.07) is 49.8. The average molecular weight is 811 g/mol. The van der Waals surface area contributed by atoms with Gasteiger partial charge in [-0.15, -0.1) is 0 Å². The first-order valence-corrected chi connectivity index (χ1v) is 20.7. The number of pyridine rings is 4. The Hall–Kier alpha value is -8.50. The summed E-state index contributed by atoms with van der Waals surface area (Å²) in [6.45, 7) is 4.33. The van der Waals surface area contributed by atoms with Crippen LogP contribution in [0.5, 0.6) is 0 Å². The van der Waals surface area contributed by atoms with Crippen molar-refractivity contribution >= 4 is 0 Å². The van der Waals surface area contributed by atoms with Gasteiger partial charge in [0, 0.05) is 35.9 Å². The summed E-state index contributed by atoms with van der Waals surface area (Å²) in [6.07, 6.45) is 6.99. The number of fused-ring (bicyclic) bond motifs is 10. The number of nitrogens with zero attached hydrogens (tertiary/aromatic N) is 10. The highest BCUT2D eigenvalue weighted by molar-refractivity contribution is 5.97. The number of benzene rings is 4. The Morgan fingerprint density at radius 1 is 0.302 bits per heavy atom. The van der Waals surface area contributed by atoms with Crippen molar-refractivity contribution in [3.8, 4) is 91.1 Å². The summed E-state index contributed by atoms with van der Waals surface area (Å²) >= 11 is 0. The van der Waals surface area contributed by atoms with E-state index in [1.54, 1.807) is 24.8 Å². The van der Waals surface area contributed by atoms with E-state index in [1.165, 1.54) is 33.4 Å². The first-order valence-electron chi connectivity index (χ1n) is 20.7. The van der Waals surface area contributed by atoms with Gasteiger partial charge in [0.2, 0.25) is 0 Å². The molecule has 0 saturated carbocycles. The first kappa shape index (κ1) is 36.4. The van der Waals surface area contributed by atoms with Crippen LogP contribution in [0.2, 0.25) is 0 Å². The summed E-state index contributed by atoms with van der Waals surface area (Å²) in [7, 11) is 0. The molecule has 0 atom stereocenters. The molecule has 2 aliphatic carbocycles. The van der Waals surface area contributed by atoms with Crippen molar-refractivity contribution in [3.63, 3.8) is 0 Å². The molecular formula is C53H34N10. The smallest absolute Gasteiger partial charge is 0.182 e. The second kappa shape index (κ2) is 14.3. The fourth-order valence-corrected chi connectivity index (χ4v) is 9.18. The van der Waals surface area contributed by atoms with E-state index >= 15 is 0 Å². The largest absolute Gasteiger partial charge is 0.253 e. The maximum atomic E-state index is 5.08. The highest BCUT2D eigenvalue weighted by Crippen LogP contribution is 2.63. The van der Waals surface area contributed by atoms with E-state index in [-0.39, 0.29) is 0 Å². The maximum Gasteiger partial charge on any atom is 0.182 e. The molecule has 0 aliphatic heterocycles. The van der Waals surface area contributed by atoms with E-state index in [0.717, 1.165) is 33.4 Å². The average Bonchev–Trinajstić information content (AvgIpc) is 3.80. The third-order valence-electron chi connectivity index (χ3n) is 11.9. The lowest BCUT2D eigenvalue weighted by Gasteiger charge is -2.31. The molecule has 6 heterocycles. The third-order valence-corrected chi connectivity index (χ3v) is 11.9. The Morgan fingerprint density at radius 3 is 0.921 bits per heavy atom. The fourth-order valence-electron chi connectivity index (χ4n) is 9.18. The van der Waals surface area contributed by atoms with E-state index in [0.29, 0.717) is 57.7 Å². The number of rotatable bonds is 6. The molecule has 63 heavy (non-hydrogen) atoms. The number of aryl methyl sites for hydroxylation is 2. The first-order chi connectivity index (χ1) is 31.0. The van der Waals surface area contributed by atoms with Crippen LogP contribution < -0.4 is 0 Å². The highest BCUT2D eigenvalue weighted by atomic mass is 15.1. The van der Waals surface area contributed by atoms with E-state index in [1.807, 2.05) is 72.8 Å². The van der Waals surface area contributed by atoms with Crippen LogP contribution in [0.1, 0.15) is 33.4 Å². The molecule has 10 aromatic rings. The molecule has 0 amide bonds. The van der Waals surface area contributed by atoms with Gasteiger partial charge in [-0.3, -0.25) is 19.9 Å². The summed E-state index contributed by atoms with van der Waals surface area (Å²) in [5.41, 5.74) is 15.3. The van der Waals surface area contributed by atoms with Crippen LogP contribution in [0, 0.1) is 13.8 Å². The Morgan fingerprint density at radius 2 is 0.603 bits per heavy atom. The van der Waals surface area contributed by atoms with Crippen LogP contribution in [-0.2, 0) is 5.41 Å². The maximum absolute atomic E-state index is 5.08. The second-order valence-corrected chi connectivity index (χ2v) is 15.8. The van der Waals surface area contributed by atoms with Gasteiger partial charge in [-0.1, -0.05) is 96.1 Å². The van der Waals surface area contributed by atoms with Gasteiger partial charge in [0.05, 0.1) is 5.41 Å². The van der Waals surface area contributed by atoms with Crippen LogP contribution >= 0.6 is 0 Å². The SMILES string of the molecule is Cc1ccc2c(c1)C1(c3cc(C)ccc3-c3ccc(-c4nc(-c5ccccn5)nc(-c5ccccn5)n4)cc31)c1cc(-c3nc(-c4ccccn4)nc(-c4ccccn4)n3)ccc1-2. The predicted molar refractivity (Wildman–Crippen MR) is 243 cm³/mol. The fraction of sp³-hybridized carbons (Fsp3) is 0.0566. The van der Waals surface area contributed by atoms with Gasteiger partial charge < -0.3 is 0 Å². The quantitative estimate of drug-likeness (QED) is 0.160. The Labute approximate surface area is 362 Å². The topological polar surface area (TPSA) is 129 Å². The predicted octanol–water partition coefficient (Wildman–Crippen LogP) is 10.6. The summed E-state index contributed by atoms with van der Waals surface area (Å²) in [5.74, 6) is 2.95. The molecule has 10 heteroatoms. The molecule has 12 rings (SSSR count). The zero-order chi connectivity index (χ0) is 42.1. The van der Waals surface area contributed by atoms with Gasteiger partial charge in [0.25, 0.3) is 0 Å². The number of hydrogen-bond acceptors (Lipinski definition) is 10. The molecule has 0 bridgehead atoms. The van der Waals surface area contributed by atoms with E-state index in [9.17, 15) is 0 Å². The van der Waals surface area contributed by atoms with Crippen molar-refractivity contribution in [2.45, 2.75) is 19.3 Å². The van der Waals surface area contributed by atoms with E-state index < -0.39 is 5.41 Å². The monoisotopic (exact) mass is 810 g/mol. The van der Waals surface area contributed by atoms with Crippen molar-refractivity contribution in [2.75, 3.05) is 0 Å². The summed E-state index contributed by atoms with van der Waals surface area (Å²) in [5, 5.41) is 0. The van der Waals surface area contributed by atoms with Crippen LogP contribution in [-0.4, -0.2) is 49.8 Å². The van der Waals surface area contributed by atoms with Crippen molar-refractivity contribution < 1.29 is 0 Å². The van der Waals surface area contributed by atoms with Gasteiger partial charge in [0.15, 0.2) is 34.9 Å². The minimum Gasteiger partial charge on any atom is -0.253 e. The molecule has 4 aromatic carbocycles. The zero-order valence-corrected chi connectivity index (χ0v) is 34.1. The van der Waals surface area contributed by atoms with Crippen molar-refractivity contribution in [3.05, 3.63) is 204 Å². The summed E-state index contributed by atoms with van der Waals surface area (Å²) < 4.78 is 0. The number of hydrogen-bond donors (Lipinski definition) is 0. The van der Waals surface area contributed by atoms with E-state index in [4.69, 9.17) is 29.9 Å². The van der Waals surface area contributed by atoms with Crippen LogP contribution in [0.4, 0.5) is 0 Å². The van der Waals surface area contributed by atoms with Gasteiger partial charge >= 0.3 is 0 Å². The Kier molecular flexibility index (Phi) is 8.26. The molecule has 10 nitrogen and oxygen atoms in total. The molecule has 1 spiro atoms. The number of aromatic nitrogens is 10. The van der Waals surface area contributed by atoms with Crippen molar-refractivity contribution in [1.29, 1.82) is 0 Å². The van der Waals surface area contributed by atoms with Crippen molar-refractivity contribution in [1.82, 2.24) is 49.8 Å². The van der Waals surface area contributed by atoms with Gasteiger partial charge in [-0.25, -0.2) is 29.9 Å². The molecule has 0 saturated heterocycles. The van der Waals surface area contributed by atoms with Crippen LogP contribution in [0.15, 0.2) is 170 Å². The van der Waals surface area contributed by atoms with Crippen molar-refractivity contribution in [2.24, 2.45) is 0 Å². The van der Waals surface area contributed by atoms with Gasteiger partial charge in [-0.2, -0.15) is 0 Å². The lowest BCUT2D eigenvalue weighted by Crippen LogP contribution is -2.26. The molecular weight excluding hydrogens is 777 g/mol. The van der Waals surface area contributed by atoms with Gasteiger partial charge in [0.1, 0.15) is 22.8 Å². The molecule has 296 valence electrons. The van der Waals surface area contributed by atoms with Gasteiger partial charge in [-0.05, 0) is 119 Å². The lowest BCUT2D eigenvalue weighted by atomic mass is 9.69. The second-order valence-electron chi connectivity index (χ2n) is 15.8. The standard InChI is InChI=1S/C53H34N10/c1-31-15-19-35-37-21-17-33(47-58-49(43-11-3-7-23-54-43)62-50(59-47)44-12-4-8-24-55-44)29-41(37)53(39(35)27-31)40-28-32(2)16-20-36(40)38-22-18-34(30-42(38)53)48-60-51(45-13-5-9-25-56-45)63-52(61-48)46-14-6-10-26-57-46/h3-30H,1-2H3. The minimum absolute atomic E-state index is 0.472.